The molecule has 0 aromatic heterocycles. The summed E-state index contributed by atoms with van der Waals surface area (Å²) < 4.78 is 22.9. The van der Waals surface area contributed by atoms with Crippen LogP contribution in [0.2, 0.25) is 0 Å². The molecule has 2 N–H and O–H groups in total. The highest BCUT2D eigenvalue weighted by molar-refractivity contribution is 5.92. The lowest BCUT2D eigenvalue weighted by Crippen LogP contribution is -2.71. The lowest BCUT2D eigenvalue weighted by Gasteiger charge is -2.65. The fraction of sp³-hybridized carbons (Fsp3) is 0.875. The van der Waals surface area contributed by atoms with Gasteiger partial charge in [0.05, 0.1) is 6.10 Å². The predicted octanol–water partition coefficient (Wildman–Crippen LogP) is 2.77. The van der Waals surface area contributed by atoms with E-state index >= 15 is 4.39 Å². The standard InChI is InChI=1S/C24H35FO6/c1-13-9-18-17-6-5-15-10-16(28)7-8-21(15,3)23(17,25)19(29)11-22(18,4)24(13,20(30)12-26)31-14(2)27/h13,15,17-19,26,29H,5-12H2,1-4H3/t13-,15-,17+,18+,19+,21+,22+,23+,24-/m1/s1. The summed E-state index contributed by atoms with van der Waals surface area (Å²) in [5.74, 6) is -2.31. The van der Waals surface area contributed by atoms with Crippen molar-refractivity contribution in [3.05, 3.63) is 0 Å². The number of ketones is 2. The minimum atomic E-state index is -1.87. The first-order valence-electron chi connectivity index (χ1n) is 11.6. The van der Waals surface area contributed by atoms with Crippen LogP contribution in [-0.2, 0) is 19.1 Å². The number of fused-ring (bicyclic) bond motifs is 5. The summed E-state index contributed by atoms with van der Waals surface area (Å²) >= 11 is 0. The lowest BCUT2D eigenvalue weighted by atomic mass is 9.42. The van der Waals surface area contributed by atoms with Crippen LogP contribution in [0.4, 0.5) is 4.39 Å². The smallest absolute Gasteiger partial charge is 0.303 e. The fourth-order valence-electron chi connectivity index (χ4n) is 8.58. The quantitative estimate of drug-likeness (QED) is 0.657. The Morgan fingerprint density at radius 2 is 1.87 bits per heavy atom. The molecule has 0 saturated heterocycles. The molecule has 0 aliphatic heterocycles. The number of hydrogen-bond donors (Lipinski definition) is 2. The van der Waals surface area contributed by atoms with E-state index in [4.69, 9.17) is 4.74 Å². The number of Topliss-reactive ketones (excluding diaryl/α,β-unsaturated/α-hetero) is 2. The number of aliphatic hydroxyl groups excluding tert-OH is 2. The van der Waals surface area contributed by atoms with Crippen LogP contribution in [0.1, 0.15) is 72.6 Å². The highest BCUT2D eigenvalue weighted by atomic mass is 19.1. The van der Waals surface area contributed by atoms with Crippen LogP contribution in [0.25, 0.3) is 0 Å². The molecule has 174 valence electrons. The molecule has 0 unspecified atom stereocenters. The second kappa shape index (κ2) is 7.08. The third-order valence-electron chi connectivity index (χ3n) is 9.96. The van der Waals surface area contributed by atoms with Crippen LogP contribution in [0.15, 0.2) is 0 Å². The van der Waals surface area contributed by atoms with Gasteiger partial charge in [0, 0.05) is 36.5 Å². The van der Waals surface area contributed by atoms with E-state index in [9.17, 15) is 24.6 Å². The average Bonchev–Trinajstić information content (AvgIpc) is 2.90. The average molecular weight is 439 g/mol. The van der Waals surface area contributed by atoms with E-state index < -0.39 is 58.4 Å². The summed E-state index contributed by atoms with van der Waals surface area (Å²) in [6.45, 7) is 5.99. The fourth-order valence-corrected chi connectivity index (χ4v) is 8.58. The van der Waals surface area contributed by atoms with Crippen molar-refractivity contribution in [2.45, 2.75) is 90.0 Å². The Hall–Kier alpha value is -1.34. The highest BCUT2D eigenvalue weighted by Gasteiger charge is 2.77. The van der Waals surface area contributed by atoms with E-state index in [-0.39, 0.29) is 24.0 Å². The second-order valence-corrected chi connectivity index (χ2v) is 11.1. The van der Waals surface area contributed by atoms with Crippen LogP contribution < -0.4 is 0 Å². The van der Waals surface area contributed by atoms with Gasteiger partial charge in [-0.1, -0.05) is 20.8 Å². The van der Waals surface area contributed by atoms with Crippen LogP contribution in [0.3, 0.4) is 0 Å². The zero-order valence-electron chi connectivity index (χ0n) is 18.9. The molecule has 0 spiro atoms. The molecule has 0 radical (unpaired) electrons. The van der Waals surface area contributed by atoms with E-state index in [1.807, 2.05) is 20.8 Å². The van der Waals surface area contributed by atoms with Crippen molar-refractivity contribution >= 4 is 17.5 Å². The SMILES string of the molecule is CC(=O)O[C@@]1(C(=O)CO)[C@H](C)C[C@H]2[C@@H]3CC[C@@H]4CC(=O)CC[C@]4(C)[C@@]3(F)[C@@H](O)C[C@@]21C. The van der Waals surface area contributed by atoms with Crippen LogP contribution in [0, 0.1) is 34.5 Å². The largest absolute Gasteiger partial charge is 0.450 e. The van der Waals surface area contributed by atoms with Crippen molar-refractivity contribution in [2.24, 2.45) is 34.5 Å². The molecule has 7 heteroatoms. The van der Waals surface area contributed by atoms with E-state index in [2.05, 4.69) is 0 Å². The number of rotatable bonds is 3. The van der Waals surface area contributed by atoms with Crippen LogP contribution in [-0.4, -0.2) is 51.7 Å². The van der Waals surface area contributed by atoms with Gasteiger partial charge >= 0.3 is 5.97 Å². The van der Waals surface area contributed by atoms with Crippen molar-refractivity contribution in [3.63, 3.8) is 0 Å². The highest BCUT2D eigenvalue weighted by Crippen LogP contribution is 2.72. The van der Waals surface area contributed by atoms with Gasteiger partial charge in [0.1, 0.15) is 18.1 Å². The van der Waals surface area contributed by atoms with Gasteiger partial charge < -0.3 is 14.9 Å². The van der Waals surface area contributed by atoms with Gasteiger partial charge in [0.2, 0.25) is 5.78 Å². The van der Waals surface area contributed by atoms with E-state index in [0.29, 0.717) is 38.5 Å². The number of halogens is 1. The Morgan fingerprint density at radius 1 is 1.19 bits per heavy atom. The summed E-state index contributed by atoms with van der Waals surface area (Å²) in [6.07, 6.45) is 1.47. The van der Waals surface area contributed by atoms with Crippen LogP contribution >= 0.6 is 0 Å². The summed E-state index contributed by atoms with van der Waals surface area (Å²) in [4.78, 5) is 37.2. The molecule has 0 amide bonds. The summed E-state index contributed by atoms with van der Waals surface area (Å²) in [7, 11) is 0. The molecule has 9 atom stereocenters. The van der Waals surface area contributed by atoms with Crippen molar-refractivity contribution in [1.82, 2.24) is 0 Å². The molecule has 31 heavy (non-hydrogen) atoms. The van der Waals surface area contributed by atoms with Gasteiger partial charge in [0.15, 0.2) is 5.60 Å². The third kappa shape index (κ3) is 2.65. The lowest BCUT2D eigenvalue weighted by molar-refractivity contribution is -0.257. The topological polar surface area (TPSA) is 101 Å². The van der Waals surface area contributed by atoms with E-state index in [1.54, 1.807) is 0 Å². The predicted molar refractivity (Wildman–Crippen MR) is 110 cm³/mol. The maximum atomic E-state index is 17.2. The molecule has 0 bridgehead atoms. The maximum Gasteiger partial charge on any atom is 0.303 e. The molecule has 4 rings (SSSR count). The van der Waals surface area contributed by atoms with Gasteiger partial charge in [-0.25, -0.2) is 4.39 Å². The molecule has 4 saturated carbocycles. The summed E-state index contributed by atoms with van der Waals surface area (Å²) in [5, 5.41) is 21.1. The number of carbonyl (C=O) groups excluding carboxylic acids is 3. The number of hydrogen-bond acceptors (Lipinski definition) is 6. The van der Waals surface area contributed by atoms with Gasteiger partial charge in [-0.3, -0.25) is 14.4 Å². The summed E-state index contributed by atoms with van der Waals surface area (Å²) in [6, 6.07) is 0. The molecule has 4 aliphatic rings. The van der Waals surface area contributed by atoms with Crippen LogP contribution in [0.5, 0.6) is 0 Å². The number of carbonyl (C=O) groups is 3. The third-order valence-corrected chi connectivity index (χ3v) is 9.96. The molecule has 6 nitrogen and oxygen atoms in total. The first kappa shape index (κ1) is 22.8. The van der Waals surface area contributed by atoms with Crippen molar-refractivity contribution in [1.29, 1.82) is 0 Å². The first-order chi connectivity index (χ1) is 14.4. The zero-order valence-corrected chi connectivity index (χ0v) is 18.9. The minimum absolute atomic E-state index is 0.0235. The Morgan fingerprint density at radius 3 is 2.48 bits per heavy atom. The normalized spacial score (nSPS) is 51.5. The molecule has 4 fully saturated rings. The van der Waals surface area contributed by atoms with Crippen molar-refractivity contribution in [2.75, 3.05) is 6.61 Å². The number of aliphatic hydroxyl groups is 2. The Kier molecular flexibility index (Phi) is 5.21. The first-order valence-corrected chi connectivity index (χ1v) is 11.6. The maximum absolute atomic E-state index is 17.2. The number of alkyl halides is 1. The minimum Gasteiger partial charge on any atom is -0.450 e. The Balaban J connectivity index is 1.82. The zero-order chi connectivity index (χ0) is 23.0. The number of ether oxygens (including phenoxy) is 1. The Bertz CT molecular complexity index is 814. The molecule has 0 heterocycles. The molecule has 0 aromatic carbocycles. The van der Waals surface area contributed by atoms with Crippen molar-refractivity contribution < 1.29 is 33.7 Å². The van der Waals surface area contributed by atoms with Crippen molar-refractivity contribution in [3.8, 4) is 0 Å². The second-order valence-electron chi connectivity index (χ2n) is 11.1. The number of esters is 1. The van der Waals surface area contributed by atoms with E-state index in [0.717, 1.165) is 0 Å². The molecular formula is C24H35FO6. The molecule has 0 aromatic rings. The van der Waals surface area contributed by atoms with E-state index in [1.165, 1.54) is 6.92 Å². The van der Waals surface area contributed by atoms with Gasteiger partial charge in [0.25, 0.3) is 0 Å². The monoisotopic (exact) mass is 438 g/mol. The molecule has 4 aliphatic carbocycles. The Labute approximate surface area is 182 Å². The summed E-state index contributed by atoms with van der Waals surface area (Å²) in [5.41, 5.74) is -5.23. The van der Waals surface area contributed by atoms with Gasteiger partial charge in [-0.05, 0) is 49.9 Å². The van der Waals surface area contributed by atoms with Gasteiger partial charge in [-0.15, -0.1) is 0 Å². The van der Waals surface area contributed by atoms with Gasteiger partial charge in [-0.2, -0.15) is 0 Å². The molecular weight excluding hydrogens is 403 g/mol.